The zero-order chi connectivity index (χ0) is 19.6. The van der Waals surface area contributed by atoms with Crippen molar-refractivity contribution >= 4 is 5.69 Å². The minimum absolute atomic E-state index is 1.23. The summed E-state index contributed by atoms with van der Waals surface area (Å²) in [5.74, 6) is 0. The Morgan fingerprint density at radius 3 is 1.41 bits per heavy atom. The average molecular weight is 374 g/mol. The van der Waals surface area contributed by atoms with Gasteiger partial charge in [0.25, 0.3) is 0 Å². The molecule has 0 amide bonds. The predicted octanol–water partition coefficient (Wildman–Crippen LogP) is 8.56. The van der Waals surface area contributed by atoms with Gasteiger partial charge >= 0.3 is 0 Å². The molecule has 0 aliphatic carbocycles. The number of rotatable bonds is 18. The lowest BCUT2D eigenvalue weighted by molar-refractivity contribution is 0.529. The van der Waals surface area contributed by atoms with E-state index in [9.17, 15) is 0 Å². The van der Waals surface area contributed by atoms with Gasteiger partial charge in [-0.25, -0.2) is 0 Å². The molecule has 0 radical (unpaired) electrons. The van der Waals surface area contributed by atoms with Gasteiger partial charge in [0.05, 0.1) is 0 Å². The van der Waals surface area contributed by atoms with Crippen molar-refractivity contribution in [3.63, 3.8) is 0 Å². The molecule has 0 fully saturated rings. The maximum Gasteiger partial charge on any atom is 0.0393 e. The molecule has 0 saturated heterocycles. The summed E-state index contributed by atoms with van der Waals surface area (Å²) in [6, 6.07) is 8.85. The van der Waals surface area contributed by atoms with Crippen molar-refractivity contribution < 1.29 is 0 Å². The number of para-hydroxylation sites is 1. The summed E-state index contributed by atoms with van der Waals surface area (Å²) in [5, 5.41) is 0. The van der Waals surface area contributed by atoms with E-state index in [0.29, 0.717) is 0 Å². The van der Waals surface area contributed by atoms with Crippen molar-refractivity contribution in [2.24, 2.45) is 0 Å². The highest BCUT2D eigenvalue weighted by atomic mass is 15.1. The van der Waals surface area contributed by atoms with E-state index in [2.05, 4.69) is 50.2 Å². The van der Waals surface area contributed by atoms with E-state index in [1.165, 1.54) is 120 Å². The van der Waals surface area contributed by atoms with Gasteiger partial charge in [-0.15, -0.1) is 0 Å². The van der Waals surface area contributed by atoms with E-state index in [1.807, 2.05) is 0 Å². The summed E-state index contributed by atoms with van der Waals surface area (Å²) in [4.78, 5) is 2.24. The largest absolute Gasteiger partial charge is 0.377 e. The van der Waals surface area contributed by atoms with E-state index >= 15 is 0 Å². The van der Waals surface area contributed by atoms with Crippen LogP contribution in [-0.2, 0) is 6.42 Å². The van der Waals surface area contributed by atoms with Crippen molar-refractivity contribution in [2.45, 2.75) is 116 Å². The molecule has 0 aliphatic rings. The van der Waals surface area contributed by atoms with Crippen LogP contribution in [0.15, 0.2) is 24.3 Å². The van der Waals surface area contributed by atoms with Crippen LogP contribution in [0.2, 0.25) is 0 Å². The molecule has 156 valence electrons. The Morgan fingerprint density at radius 1 is 0.556 bits per heavy atom. The van der Waals surface area contributed by atoms with Gasteiger partial charge in [-0.2, -0.15) is 0 Å². The van der Waals surface area contributed by atoms with E-state index in [0.717, 1.165) is 0 Å². The van der Waals surface area contributed by atoms with Crippen molar-refractivity contribution in [3.05, 3.63) is 29.8 Å². The molecule has 1 nitrogen and oxygen atoms in total. The van der Waals surface area contributed by atoms with Crippen LogP contribution in [0.25, 0.3) is 0 Å². The Hall–Kier alpha value is -0.980. The lowest BCUT2D eigenvalue weighted by Gasteiger charge is -2.17. The molecule has 0 N–H and O–H groups in total. The molecule has 0 aliphatic heterocycles. The highest BCUT2D eigenvalue weighted by molar-refractivity contribution is 5.52. The molecule has 0 atom stereocenters. The minimum Gasteiger partial charge on any atom is -0.377 e. The van der Waals surface area contributed by atoms with Gasteiger partial charge in [-0.1, -0.05) is 121 Å². The summed E-state index contributed by atoms with van der Waals surface area (Å²) in [6.07, 6.45) is 24.3. The number of hydrogen-bond acceptors (Lipinski definition) is 1. The van der Waals surface area contributed by atoms with E-state index < -0.39 is 0 Å². The number of anilines is 1. The molecule has 0 unspecified atom stereocenters. The number of benzene rings is 1. The second-order valence-corrected chi connectivity index (χ2v) is 8.58. The quantitative estimate of drug-likeness (QED) is 0.233. The lowest BCUT2D eigenvalue weighted by Crippen LogP contribution is -2.11. The van der Waals surface area contributed by atoms with Crippen LogP contribution >= 0.6 is 0 Å². The maximum absolute atomic E-state index is 2.30. The molecular weight excluding hydrogens is 326 g/mol. The molecule has 27 heavy (non-hydrogen) atoms. The van der Waals surface area contributed by atoms with Gasteiger partial charge in [0, 0.05) is 19.8 Å². The summed E-state index contributed by atoms with van der Waals surface area (Å²) in [6.45, 7) is 2.30. The predicted molar refractivity (Wildman–Crippen MR) is 124 cm³/mol. The normalized spacial score (nSPS) is 11.1. The van der Waals surface area contributed by atoms with Crippen LogP contribution in [0.4, 0.5) is 5.69 Å². The van der Waals surface area contributed by atoms with Crippen LogP contribution < -0.4 is 4.90 Å². The fourth-order valence-electron chi connectivity index (χ4n) is 4.02. The second-order valence-electron chi connectivity index (χ2n) is 8.58. The number of nitrogens with zero attached hydrogens (tertiary/aromatic N) is 1. The zero-order valence-corrected chi connectivity index (χ0v) is 18.8. The van der Waals surface area contributed by atoms with E-state index in [4.69, 9.17) is 0 Å². The van der Waals surface area contributed by atoms with Crippen molar-refractivity contribution in [1.29, 1.82) is 0 Å². The highest BCUT2D eigenvalue weighted by Crippen LogP contribution is 2.21. The smallest absolute Gasteiger partial charge is 0.0393 e. The van der Waals surface area contributed by atoms with Gasteiger partial charge in [0.15, 0.2) is 0 Å². The van der Waals surface area contributed by atoms with Crippen molar-refractivity contribution in [3.8, 4) is 0 Å². The first kappa shape index (κ1) is 24.1. The highest BCUT2D eigenvalue weighted by Gasteiger charge is 2.03. The molecule has 1 heteroatoms. The molecule has 0 spiro atoms. The van der Waals surface area contributed by atoms with Gasteiger partial charge in [0.2, 0.25) is 0 Å². The number of hydrogen-bond donors (Lipinski definition) is 0. The Morgan fingerprint density at radius 2 is 0.963 bits per heavy atom. The number of unbranched alkanes of at least 4 members (excludes halogenated alkanes) is 15. The summed E-state index contributed by atoms with van der Waals surface area (Å²) < 4.78 is 0. The molecular formula is C26H47N. The zero-order valence-electron chi connectivity index (χ0n) is 18.8. The molecule has 0 aromatic heterocycles. The summed E-state index contributed by atoms with van der Waals surface area (Å²) in [7, 11) is 4.29. The summed E-state index contributed by atoms with van der Waals surface area (Å²) >= 11 is 0. The van der Waals surface area contributed by atoms with Crippen molar-refractivity contribution in [1.82, 2.24) is 0 Å². The summed E-state index contributed by atoms with van der Waals surface area (Å²) in [5.41, 5.74) is 2.89. The first-order valence-corrected chi connectivity index (χ1v) is 12.0. The van der Waals surface area contributed by atoms with Crippen molar-refractivity contribution in [2.75, 3.05) is 19.0 Å². The molecule has 1 rings (SSSR count). The second kappa shape index (κ2) is 17.1. The van der Waals surface area contributed by atoms with Gasteiger partial charge < -0.3 is 4.90 Å². The van der Waals surface area contributed by atoms with E-state index in [1.54, 1.807) is 0 Å². The van der Waals surface area contributed by atoms with Crippen LogP contribution in [0.1, 0.15) is 115 Å². The van der Waals surface area contributed by atoms with Crippen LogP contribution in [0.5, 0.6) is 0 Å². The average Bonchev–Trinajstić information content (AvgIpc) is 2.68. The van der Waals surface area contributed by atoms with Gasteiger partial charge in [-0.05, 0) is 24.5 Å². The lowest BCUT2D eigenvalue weighted by atomic mass is 10.0. The first-order chi connectivity index (χ1) is 13.3. The van der Waals surface area contributed by atoms with Crippen LogP contribution in [0, 0.1) is 0 Å². The molecule has 0 heterocycles. The Balaban J connectivity index is 1.85. The fraction of sp³-hybridized carbons (Fsp3) is 0.769. The maximum atomic E-state index is 2.30. The molecule has 0 saturated carbocycles. The third-order valence-electron chi connectivity index (χ3n) is 5.77. The van der Waals surface area contributed by atoms with Gasteiger partial charge in [-0.3, -0.25) is 0 Å². The Kier molecular flexibility index (Phi) is 15.3. The topological polar surface area (TPSA) is 3.24 Å². The standard InChI is InChI=1S/C26H47N/c1-4-5-6-7-8-9-10-11-12-13-14-15-16-17-18-19-22-25-23-20-21-24-26(25)27(2)3/h20-21,23-24H,4-19,22H2,1-3H3. The minimum atomic E-state index is 1.23. The van der Waals surface area contributed by atoms with Gasteiger partial charge in [0.1, 0.15) is 0 Å². The van der Waals surface area contributed by atoms with Crippen LogP contribution in [-0.4, -0.2) is 14.1 Å². The molecule has 1 aromatic carbocycles. The Bertz CT molecular complexity index is 438. The SMILES string of the molecule is CCCCCCCCCCCCCCCCCCc1ccccc1N(C)C. The third-order valence-corrected chi connectivity index (χ3v) is 5.77. The monoisotopic (exact) mass is 373 g/mol. The fourth-order valence-corrected chi connectivity index (χ4v) is 4.02. The number of aryl methyl sites for hydroxylation is 1. The first-order valence-electron chi connectivity index (χ1n) is 12.0. The molecule has 0 bridgehead atoms. The van der Waals surface area contributed by atoms with Crippen LogP contribution in [0.3, 0.4) is 0 Å². The molecule has 1 aromatic rings. The van der Waals surface area contributed by atoms with E-state index in [-0.39, 0.29) is 0 Å². The Labute approximate surface area is 170 Å². The third kappa shape index (κ3) is 12.9.